The van der Waals surface area contributed by atoms with Crippen molar-refractivity contribution < 1.29 is 13.2 Å². The lowest BCUT2D eigenvalue weighted by Crippen LogP contribution is -2.39. The molecule has 0 aromatic heterocycles. The second-order valence-electron chi connectivity index (χ2n) is 5.19. The van der Waals surface area contributed by atoms with Crippen LogP contribution in [0.4, 0.5) is 5.69 Å². The zero-order valence-electron chi connectivity index (χ0n) is 13.5. The molecule has 26 heavy (non-hydrogen) atoms. The highest BCUT2D eigenvalue weighted by molar-refractivity contribution is 9.10. The highest BCUT2D eigenvalue weighted by atomic mass is 79.9. The van der Waals surface area contributed by atoms with Gasteiger partial charge in [0.05, 0.1) is 28.2 Å². The van der Waals surface area contributed by atoms with Crippen molar-refractivity contribution in [3.63, 3.8) is 0 Å². The third kappa shape index (κ3) is 5.70. The number of halogens is 3. The molecule has 0 spiro atoms. The average Bonchev–Trinajstić information content (AvgIpc) is 2.56. The minimum atomic E-state index is -3.76. The fraction of sp³-hybridized carbons (Fsp3) is 0.125. The molecular formula is C16H14BrCl2N3O3S. The Labute approximate surface area is 170 Å². The lowest BCUT2D eigenvalue weighted by atomic mass is 10.2. The molecule has 1 amide bonds. The van der Waals surface area contributed by atoms with Gasteiger partial charge in [0.2, 0.25) is 10.0 Å². The van der Waals surface area contributed by atoms with Crippen LogP contribution in [0.15, 0.2) is 52.0 Å². The fourth-order valence-corrected chi connectivity index (χ4v) is 3.53. The summed E-state index contributed by atoms with van der Waals surface area (Å²) in [7, 11) is -3.76. The van der Waals surface area contributed by atoms with Gasteiger partial charge in [-0.15, -0.1) is 0 Å². The Bertz CT molecular complexity index is 934. The summed E-state index contributed by atoms with van der Waals surface area (Å²) in [5.74, 6) is -0.625. The molecule has 0 aliphatic carbocycles. The first-order valence-electron chi connectivity index (χ1n) is 7.17. The van der Waals surface area contributed by atoms with Crippen LogP contribution in [0.2, 0.25) is 10.0 Å². The number of rotatable bonds is 6. The molecule has 0 aliphatic rings. The molecule has 10 heteroatoms. The van der Waals surface area contributed by atoms with Crippen LogP contribution in [0.25, 0.3) is 0 Å². The third-order valence-electron chi connectivity index (χ3n) is 3.16. The number of sulfonamides is 1. The Balaban J connectivity index is 2.12. The molecule has 0 fully saturated rings. The van der Waals surface area contributed by atoms with Crippen molar-refractivity contribution in [2.45, 2.75) is 0 Å². The number of benzene rings is 2. The van der Waals surface area contributed by atoms with Gasteiger partial charge in [-0.05, 0) is 29.8 Å². The third-order valence-corrected chi connectivity index (χ3v) is 5.62. The molecule has 0 aliphatic heterocycles. The van der Waals surface area contributed by atoms with E-state index in [4.69, 9.17) is 23.2 Å². The second kappa shape index (κ2) is 8.85. The summed E-state index contributed by atoms with van der Waals surface area (Å²) in [5.41, 5.74) is 3.18. The normalized spacial score (nSPS) is 11.5. The molecule has 6 nitrogen and oxygen atoms in total. The van der Waals surface area contributed by atoms with E-state index in [1.54, 1.807) is 18.2 Å². The van der Waals surface area contributed by atoms with E-state index in [0.717, 1.165) is 20.6 Å². The summed E-state index contributed by atoms with van der Waals surface area (Å²) < 4.78 is 25.9. The fourth-order valence-electron chi connectivity index (χ4n) is 1.96. The molecule has 2 aromatic rings. The van der Waals surface area contributed by atoms with Gasteiger partial charge < -0.3 is 0 Å². The number of amides is 1. The molecule has 0 heterocycles. The Kier molecular flexibility index (Phi) is 7.05. The molecule has 2 rings (SSSR count). The van der Waals surface area contributed by atoms with E-state index in [1.807, 2.05) is 12.1 Å². The van der Waals surface area contributed by atoms with E-state index in [2.05, 4.69) is 26.5 Å². The standard InChI is InChI=1S/C16H14BrCl2N3O3S/c1-26(24,25)22(14-4-2-3-13(18)16(14)19)10-15(23)21-20-9-11-5-7-12(17)8-6-11/h2-9H,10H2,1H3,(H,21,23)/b20-9-. The highest BCUT2D eigenvalue weighted by Crippen LogP contribution is 2.33. The van der Waals surface area contributed by atoms with Crippen LogP contribution in [0.5, 0.6) is 0 Å². The topological polar surface area (TPSA) is 78.8 Å². The first kappa shape index (κ1) is 20.7. The lowest BCUT2D eigenvalue weighted by molar-refractivity contribution is -0.119. The largest absolute Gasteiger partial charge is 0.271 e. The smallest absolute Gasteiger partial charge is 0.260 e. The van der Waals surface area contributed by atoms with Gasteiger partial charge in [-0.3, -0.25) is 9.10 Å². The molecule has 1 N–H and O–H groups in total. The number of carbonyl (C=O) groups is 1. The van der Waals surface area contributed by atoms with Crippen LogP contribution in [0.3, 0.4) is 0 Å². The first-order chi connectivity index (χ1) is 12.2. The number of anilines is 1. The Morgan fingerprint density at radius 1 is 1.23 bits per heavy atom. The van der Waals surface area contributed by atoms with Crippen LogP contribution in [0, 0.1) is 0 Å². The van der Waals surface area contributed by atoms with Crippen molar-refractivity contribution in [2.24, 2.45) is 5.10 Å². The zero-order chi connectivity index (χ0) is 19.3. The van der Waals surface area contributed by atoms with E-state index < -0.39 is 22.5 Å². The predicted molar refractivity (Wildman–Crippen MR) is 109 cm³/mol. The quantitative estimate of drug-likeness (QED) is 0.508. The Morgan fingerprint density at radius 2 is 1.88 bits per heavy atom. The van der Waals surface area contributed by atoms with Crippen molar-refractivity contribution in [2.75, 3.05) is 17.1 Å². The molecule has 0 bridgehead atoms. The van der Waals surface area contributed by atoms with Gasteiger partial charge in [0, 0.05) is 4.47 Å². The molecular weight excluding hydrogens is 465 g/mol. The van der Waals surface area contributed by atoms with E-state index in [-0.39, 0.29) is 15.7 Å². The van der Waals surface area contributed by atoms with Crippen LogP contribution in [-0.2, 0) is 14.8 Å². The second-order valence-corrected chi connectivity index (χ2v) is 8.79. The molecule has 0 atom stereocenters. The SMILES string of the molecule is CS(=O)(=O)N(CC(=O)N/N=C\c1ccc(Br)cc1)c1cccc(Cl)c1Cl. The molecule has 0 saturated heterocycles. The van der Waals surface area contributed by atoms with E-state index >= 15 is 0 Å². The van der Waals surface area contributed by atoms with Crippen LogP contribution >= 0.6 is 39.1 Å². The van der Waals surface area contributed by atoms with Crippen molar-refractivity contribution in [1.82, 2.24) is 5.43 Å². The van der Waals surface area contributed by atoms with E-state index in [0.29, 0.717) is 0 Å². The Morgan fingerprint density at radius 3 is 2.50 bits per heavy atom. The lowest BCUT2D eigenvalue weighted by Gasteiger charge is -2.22. The van der Waals surface area contributed by atoms with Gasteiger partial charge in [-0.25, -0.2) is 13.8 Å². The van der Waals surface area contributed by atoms with Gasteiger partial charge in [0.15, 0.2) is 0 Å². The number of nitrogens with zero attached hydrogens (tertiary/aromatic N) is 2. The van der Waals surface area contributed by atoms with Crippen molar-refractivity contribution >= 4 is 67.0 Å². The maximum Gasteiger partial charge on any atom is 0.260 e. The first-order valence-corrected chi connectivity index (χ1v) is 10.6. The number of hydrogen-bond acceptors (Lipinski definition) is 4. The van der Waals surface area contributed by atoms with Gasteiger partial charge >= 0.3 is 0 Å². The summed E-state index contributed by atoms with van der Waals surface area (Å²) in [6.07, 6.45) is 2.42. The van der Waals surface area contributed by atoms with Crippen molar-refractivity contribution in [1.29, 1.82) is 0 Å². The maximum atomic E-state index is 12.1. The molecule has 0 radical (unpaired) electrons. The van der Waals surface area contributed by atoms with Crippen LogP contribution < -0.4 is 9.73 Å². The molecule has 0 saturated carbocycles. The summed E-state index contributed by atoms with van der Waals surface area (Å²) >= 11 is 15.3. The van der Waals surface area contributed by atoms with Gasteiger partial charge in [-0.2, -0.15) is 5.10 Å². The summed E-state index contributed by atoms with van der Waals surface area (Å²) in [5, 5.41) is 4.05. The number of carbonyl (C=O) groups excluding carboxylic acids is 1. The summed E-state index contributed by atoms with van der Waals surface area (Å²) in [4.78, 5) is 12.1. The van der Waals surface area contributed by atoms with Gasteiger partial charge in [0.1, 0.15) is 6.54 Å². The minimum absolute atomic E-state index is 0.0470. The number of nitrogens with one attached hydrogen (secondary N) is 1. The molecule has 2 aromatic carbocycles. The summed E-state index contributed by atoms with van der Waals surface area (Å²) in [6.45, 7) is -0.490. The monoisotopic (exact) mass is 477 g/mol. The van der Waals surface area contributed by atoms with E-state index in [1.165, 1.54) is 18.3 Å². The highest BCUT2D eigenvalue weighted by Gasteiger charge is 2.23. The predicted octanol–water partition coefficient (Wildman–Crippen LogP) is 3.67. The number of hydrogen-bond donors (Lipinski definition) is 1. The molecule has 0 unspecified atom stereocenters. The summed E-state index contributed by atoms with van der Waals surface area (Å²) in [6, 6.07) is 11.8. The van der Waals surface area contributed by atoms with Crippen molar-refractivity contribution in [3.8, 4) is 0 Å². The van der Waals surface area contributed by atoms with Crippen LogP contribution in [-0.4, -0.2) is 33.3 Å². The number of hydrazone groups is 1. The van der Waals surface area contributed by atoms with Gasteiger partial charge in [0.25, 0.3) is 5.91 Å². The van der Waals surface area contributed by atoms with Crippen LogP contribution in [0.1, 0.15) is 5.56 Å². The maximum absolute atomic E-state index is 12.1. The van der Waals surface area contributed by atoms with Crippen molar-refractivity contribution in [3.05, 3.63) is 62.5 Å². The molecule has 138 valence electrons. The minimum Gasteiger partial charge on any atom is -0.271 e. The van der Waals surface area contributed by atoms with Gasteiger partial charge in [-0.1, -0.05) is 57.3 Å². The van der Waals surface area contributed by atoms with E-state index in [9.17, 15) is 13.2 Å². The zero-order valence-corrected chi connectivity index (χ0v) is 17.4. The Hall–Kier alpha value is -1.61. The average molecular weight is 479 g/mol.